The first-order valence-corrected chi connectivity index (χ1v) is 14.1. The van der Waals surface area contributed by atoms with Crippen LogP contribution in [-0.2, 0) is 9.53 Å². The predicted molar refractivity (Wildman–Crippen MR) is 138 cm³/mol. The third-order valence-electron chi connectivity index (χ3n) is 10.9. The van der Waals surface area contributed by atoms with Crippen molar-refractivity contribution in [1.82, 2.24) is 0 Å². The molecular formula is C31H50O2. The third kappa shape index (κ3) is 4.62. The lowest BCUT2D eigenvalue weighted by Gasteiger charge is -2.58. The van der Waals surface area contributed by atoms with Crippen LogP contribution < -0.4 is 0 Å². The fraction of sp³-hybridized carbons (Fsp3) is 0.839. The molecule has 0 aliphatic heterocycles. The van der Waals surface area contributed by atoms with E-state index in [1.54, 1.807) is 12.5 Å². The smallest absolute Gasteiger partial charge is 0.333 e. The molecule has 3 fully saturated rings. The minimum absolute atomic E-state index is 0.0430. The molecule has 2 heteroatoms. The normalized spacial score (nSPS) is 40.9. The van der Waals surface area contributed by atoms with E-state index in [4.69, 9.17) is 4.74 Å². The Kier molecular flexibility index (Phi) is 7.24. The zero-order chi connectivity index (χ0) is 24.0. The summed E-state index contributed by atoms with van der Waals surface area (Å²) >= 11 is 0. The Morgan fingerprint density at radius 1 is 1.09 bits per heavy atom. The summed E-state index contributed by atoms with van der Waals surface area (Å²) in [5, 5.41) is 0. The Balaban J connectivity index is 1.45. The third-order valence-corrected chi connectivity index (χ3v) is 10.9. The van der Waals surface area contributed by atoms with E-state index in [1.807, 2.05) is 0 Å². The van der Waals surface area contributed by atoms with Crippen molar-refractivity contribution in [2.75, 3.05) is 0 Å². The van der Waals surface area contributed by atoms with Crippen LogP contribution in [0.1, 0.15) is 112 Å². The number of hydrogen-bond donors (Lipinski definition) is 0. The van der Waals surface area contributed by atoms with Crippen molar-refractivity contribution in [3.8, 4) is 0 Å². The first-order valence-electron chi connectivity index (χ1n) is 14.1. The summed E-state index contributed by atoms with van der Waals surface area (Å²) in [5.41, 5.74) is 2.97. The standard InChI is InChI=1S/C31H50O2/c1-20(2)9-8-10-22(5)26-13-14-27-25-12-11-23-19-24(33-29(32)21(3)4)15-17-30(23,6)28(25)16-18-31(26,27)7/h11,20,22,24-28H,3,8-10,12-19H2,1-2,4-7H3. The summed E-state index contributed by atoms with van der Waals surface area (Å²) in [4.78, 5) is 12.1. The summed E-state index contributed by atoms with van der Waals surface area (Å²) < 4.78 is 5.78. The molecule has 186 valence electrons. The Labute approximate surface area is 204 Å². The number of hydrogen-bond acceptors (Lipinski definition) is 2. The van der Waals surface area contributed by atoms with Gasteiger partial charge in [0.2, 0.25) is 0 Å². The average molecular weight is 455 g/mol. The molecule has 2 nitrogen and oxygen atoms in total. The van der Waals surface area contributed by atoms with Crippen LogP contribution in [-0.4, -0.2) is 12.1 Å². The highest BCUT2D eigenvalue weighted by molar-refractivity contribution is 5.87. The van der Waals surface area contributed by atoms with Crippen LogP contribution in [0.2, 0.25) is 0 Å². The largest absolute Gasteiger partial charge is 0.459 e. The molecule has 4 aliphatic carbocycles. The van der Waals surface area contributed by atoms with Crippen LogP contribution in [0.4, 0.5) is 0 Å². The maximum absolute atomic E-state index is 12.1. The van der Waals surface area contributed by atoms with Gasteiger partial charge >= 0.3 is 5.97 Å². The maximum atomic E-state index is 12.1. The number of ether oxygens (including phenoxy) is 1. The molecule has 0 N–H and O–H groups in total. The zero-order valence-electron chi connectivity index (χ0n) is 22.4. The maximum Gasteiger partial charge on any atom is 0.333 e. The van der Waals surface area contributed by atoms with Crippen molar-refractivity contribution in [2.45, 2.75) is 118 Å². The number of esters is 1. The summed E-state index contributed by atoms with van der Waals surface area (Å²) in [7, 11) is 0. The SMILES string of the molecule is C=C(C)C(=O)OC1CCC2(C)C(=CCC3C2CCC2(C)C(C(C)CCCC(C)C)CCC32)C1. The highest BCUT2D eigenvalue weighted by Gasteiger charge is 2.59. The highest BCUT2D eigenvalue weighted by atomic mass is 16.5. The lowest BCUT2D eigenvalue weighted by atomic mass is 9.47. The number of rotatable bonds is 7. The molecule has 4 aliphatic rings. The minimum Gasteiger partial charge on any atom is -0.459 e. The highest BCUT2D eigenvalue weighted by Crippen LogP contribution is 2.67. The van der Waals surface area contributed by atoms with Gasteiger partial charge in [-0.05, 0) is 98.2 Å². The van der Waals surface area contributed by atoms with Crippen LogP contribution in [0.15, 0.2) is 23.8 Å². The van der Waals surface area contributed by atoms with Gasteiger partial charge in [0.05, 0.1) is 0 Å². The summed E-state index contributed by atoms with van der Waals surface area (Å²) in [6, 6.07) is 0. The van der Waals surface area contributed by atoms with Crippen LogP contribution in [0.25, 0.3) is 0 Å². The number of carbonyl (C=O) groups is 1. The van der Waals surface area contributed by atoms with Crippen molar-refractivity contribution in [3.05, 3.63) is 23.8 Å². The summed E-state index contributed by atoms with van der Waals surface area (Å²) in [6.45, 7) is 18.0. The molecule has 0 aromatic carbocycles. The predicted octanol–water partition coefficient (Wildman–Crippen LogP) is 8.52. The van der Waals surface area contributed by atoms with Gasteiger partial charge in [-0.25, -0.2) is 4.79 Å². The summed E-state index contributed by atoms with van der Waals surface area (Å²) in [5.74, 6) is 5.00. The molecule has 0 bridgehead atoms. The Morgan fingerprint density at radius 2 is 1.85 bits per heavy atom. The second-order valence-corrected chi connectivity index (χ2v) is 13.3. The molecule has 0 saturated heterocycles. The molecule has 0 aromatic rings. The molecule has 0 amide bonds. The van der Waals surface area contributed by atoms with Crippen LogP contribution in [0.5, 0.6) is 0 Å². The lowest BCUT2D eigenvalue weighted by molar-refractivity contribution is -0.146. The molecule has 33 heavy (non-hydrogen) atoms. The minimum atomic E-state index is -0.217. The van der Waals surface area contributed by atoms with Gasteiger partial charge in [0.1, 0.15) is 6.10 Å². The average Bonchev–Trinajstić information content (AvgIpc) is 3.11. The van der Waals surface area contributed by atoms with E-state index in [9.17, 15) is 4.79 Å². The van der Waals surface area contributed by atoms with E-state index in [0.29, 0.717) is 16.4 Å². The van der Waals surface area contributed by atoms with E-state index in [2.05, 4.69) is 47.3 Å². The molecule has 0 aromatic heterocycles. The number of carbonyl (C=O) groups excluding carboxylic acids is 1. The topological polar surface area (TPSA) is 26.3 Å². The van der Waals surface area contributed by atoms with Gasteiger partial charge < -0.3 is 4.74 Å². The Morgan fingerprint density at radius 3 is 2.55 bits per heavy atom. The molecule has 4 rings (SSSR count). The van der Waals surface area contributed by atoms with Crippen LogP contribution in [0, 0.1) is 46.3 Å². The second-order valence-electron chi connectivity index (χ2n) is 13.3. The fourth-order valence-electron chi connectivity index (χ4n) is 9.00. The van der Waals surface area contributed by atoms with E-state index in [-0.39, 0.29) is 12.1 Å². The molecule has 8 unspecified atom stereocenters. The fourth-order valence-corrected chi connectivity index (χ4v) is 9.00. The molecule has 0 heterocycles. The van der Waals surface area contributed by atoms with Gasteiger partial charge in [-0.15, -0.1) is 0 Å². The first-order chi connectivity index (χ1) is 15.6. The van der Waals surface area contributed by atoms with Gasteiger partial charge in [-0.2, -0.15) is 0 Å². The van der Waals surface area contributed by atoms with Gasteiger partial charge in [-0.1, -0.05) is 72.1 Å². The van der Waals surface area contributed by atoms with Crippen LogP contribution in [0.3, 0.4) is 0 Å². The van der Waals surface area contributed by atoms with Crippen molar-refractivity contribution < 1.29 is 9.53 Å². The van der Waals surface area contributed by atoms with Gasteiger partial charge in [0.25, 0.3) is 0 Å². The van der Waals surface area contributed by atoms with Gasteiger partial charge in [0, 0.05) is 12.0 Å². The monoisotopic (exact) mass is 454 g/mol. The number of allylic oxidation sites excluding steroid dienone is 1. The van der Waals surface area contributed by atoms with E-state index < -0.39 is 0 Å². The Hall–Kier alpha value is -1.05. The van der Waals surface area contributed by atoms with E-state index in [1.165, 1.54) is 57.8 Å². The Bertz CT molecular complexity index is 778. The van der Waals surface area contributed by atoms with Gasteiger partial charge in [-0.3, -0.25) is 0 Å². The quantitative estimate of drug-likeness (QED) is 0.219. The van der Waals surface area contributed by atoms with E-state index >= 15 is 0 Å². The summed E-state index contributed by atoms with van der Waals surface area (Å²) in [6.07, 6.45) is 17.0. The van der Waals surface area contributed by atoms with E-state index in [0.717, 1.165) is 48.3 Å². The molecule has 8 atom stereocenters. The van der Waals surface area contributed by atoms with Crippen LogP contribution >= 0.6 is 0 Å². The van der Waals surface area contributed by atoms with Crippen molar-refractivity contribution in [1.29, 1.82) is 0 Å². The van der Waals surface area contributed by atoms with Crippen molar-refractivity contribution in [3.63, 3.8) is 0 Å². The van der Waals surface area contributed by atoms with Crippen molar-refractivity contribution >= 4 is 5.97 Å². The van der Waals surface area contributed by atoms with Gasteiger partial charge in [0.15, 0.2) is 0 Å². The zero-order valence-corrected chi connectivity index (χ0v) is 22.4. The molecule has 3 saturated carbocycles. The molecule has 0 radical (unpaired) electrons. The second kappa shape index (κ2) is 9.54. The number of fused-ring (bicyclic) bond motifs is 5. The molecule has 0 spiro atoms. The van der Waals surface area contributed by atoms with Crippen molar-refractivity contribution in [2.24, 2.45) is 46.3 Å². The molecular weight excluding hydrogens is 404 g/mol. The lowest BCUT2D eigenvalue weighted by Crippen LogP contribution is -2.51. The first kappa shape index (κ1) is 25.1.